The van der Waals surface area contributed by atoms with Gasteiger partial charge in [0, 0.05) is 32.6 Å². The number of rotatable bonds is 6. The first-order valence-corrected chi connectivity index (χ1v) is 10.5. The van der Waals surface area contributed by atoms with Gasteiger partial charge in [0.15, 0.2) is 6.04 Å². The Bertz CT molecular complexity index is 926. The Morgan fingerprint density at radius 3 is 2.66 bits per heavy atom. The first kappa shape index (κ1) is 22.4. The number of benzene rings is 1. The van der Waals surface area contributed by atoms with E-state index in [1.54, 1.807) is 24.3 Å². The van der Waals surface area contributed by atoms with Crippen LogP contribution < -0.4 is 15.4 Å². The Balaban J connectivity index is 1.51. The van der Waals surface area contributed by atoms with Crippen molar-refractivity contribution in [2.24, 2.45) is 0 Å². The number of halogens is 3. The maximum Gasteiger partial charge on any atom is 0.410 e. The number of nitrogens with one attached hydrogen (secondary N) is 2. The summed E-state index contributed by atoms with van der Waals surface area (Å²) in [5.74, 6) is 0.230. The number of hydrogen-bond donors (Lipinski definition) is 2. The molecule has 1 saturated heterocycles. The highest BCUT2D eigenvalue weighted by atomic mass is 19.4. The van der Waals surface area contributed by atoms with Crippen LogP contribution in [0.15, 0.2) is 30.5 Å². The van der Waals surface area contributed by atoms with Gasteiger partial charge in [0.2, 0.25) is 0 Å². The summed E-state index contributed by atoms with van der Waals surface area (Å²) in [7, 11) is 1.52. The molecule has 0 bridgehead atoms. The van der Waals surface area contributed by atoms with Gasteiger partial charge in [0.1, 0.15) is 17.1 Å². The number of methoxy groups -OCH3 is 1. The predicted octanol–water partition coefficient (Wildman–Crippen LogP) is 2.61. The monoisotopic (exact) mass is 453 g/mol. The maximum absolute atomic E-state index is 13.8. The second kappa shape index (κ2) is 9.37. The van der Waals surface area contributed by atoms with Gasteiger partial charge in [-0.3, -0.25) is 9.69 Å². The minimum absolute atomic E-state index is 0.0725. The van der Waals surface area contributed by atoms with Crippen molar-refractivity contribution in [3.63, 3.8) is 0 Å². The summed E-state index contributed by atoms with van der Waals surface area (Å²) in [6.07, 6.45) is -3.54. The summed E-state index contributed by atoms with van der Waals surface area (Å²) in [6.45, 7) is 3.91. The number of ether oxygens (including phenoxy) is 2. The number of nitrogens with zero attached hydrogens (tertiary/aromatic N) is 3. The minimum atomic E-state index is -4.50. The van der Waals surface area contributed by atoms with Crippen LogP contribution in [-0.2, 0) is 4.74 Å². The van der Waals surface area contributed by atoms with E-state index in [1.165, 1.54) is 13.3 Å². The molecule has 1 fully saturated rings. The molecule has 174 valence electrons. The lowest BCUT2D eigenvalue weighted by Crippen LogP contribution is -2.41. The zero-order valence-corrected chi connectivity index (χ0v) is 17.7. The average molecular weight is 453 g/mol. The van der Waals surface area contributed by atoms with Crippen molar-refractivity contribution in [1.82, 2.24) is 20.0 Å². The van der Waals surface area contributed by atoms with E-state index in [0.717, 1.165) is 17.8 Å². The van der Waals surface area contributed by atoms with Crippen LogP contribution in [0.4, 0.5) is 19.0 Å². The summed E-state index contributed by atoms with van der Waals surface area (Å²) in [6, 6.07) is 4.38. The zero-order chi connectivity index (χ0) is 22.7. The van der Waals surface area contributed by atoms with Gasteiger partial charge in [-0.05, 0) is 17.7 Å². The summed E-state index contributed by atoms with van der Waals surface area (Å²) in [5, 5.41) is 9.79. The molecule has 2 aliphatic rings. The Kier molecular flexibility index (Phi) is 6.56. The van der Waals surface area contributed by atoms with E-state index in [-0.39, 0.29) is 17.8 Å². The molecule has 8 nitrogen and oxygen atoms in total. The molecule has 1 aromatic carbocycles. The molecule has 1 amide bonds. The van der Waals surface area contributed by atoms with Crippen molar-refractivity contribution in [1.29, 1.82) is 0 Å². The van der Waals surface area contributed by atoms with Gasteiger partial charge in [-0.2, -0.15) is 18.3 Å². The first-order valence-electron chi connectivity index (χ1n) is 10.5. The summed E-state index contributed by atoms with van der Waals surface area (Å²) in [5.41, 5.74) is 0.769. The Morgan fingerprint density at radius 2 is 2.00 bits per heavy atom. The number of carbonyl (C=O) groups is 1. The normalized spacial score (nSPS) is 21.5. The largest absolute Gasteiger partial charge is 0.497 e. The van der Waals surface area contributed by atoms with E-state index in [2.05, 4.69) is 20.6 Å². The summed E-state index contributed by atoms with van der Waals surface area (Å²) >= 11 is 0. The highest BCUT2D eigenvalue weighted by Crippen LogP contribution is 2.44. The number of anilines is 1. The number of morpholine rings is 1. The van der Waals surface area contributed by atoms with Gasteiger partial charge in [0.25, 0.3) is 5.91 Å². The standard InChI is InChI=1S/C21H26F3N5O3/c1-31-15-4-2-14(3-5-15)17-12-18(21(22,23)24)29-19(27-17)16(13-26-29)20(30)25-6-7-28-8-10-32-11-9-28/h2-5,13,17-18,27H,6-12H2,1H3,(H,25,30). The molecular weight excluding hydrogens is 427 g/mol. The van der Waals surface area contributed by atoms with Gasteiger partial charge in [-0.1, -0.05) is 12.1 Å². The van der Waals surface area contributed by atoms with Crippen LogP contribution >= 0.6 is 0 Å². The third kappa shape index (κ3) is 4.83. The fraction of sp³-hybridized carbons (Fsp3) is 0.524. The number of fused-ring (bicyclic) bond motifs is 1. The fourth-order valence-corrected chi connectivity index (χ4v) is 4.03. The zero-order valence-electron chi connectivity index (χ0n) is 17.7. The highest BCUT2D eigenvalue weighted by molar-refractivity contribution is 5.98. The van der Waals surface area contributed by atoms with Gasteiger partial charge in [0.05, 0.1) is 32.6 Å². The van der Waals surface area contributed by atoms with Crippen molar-refractivity contribution in [3.8, 4) is 5.75 Å². The molecule has 4 rings (SSSR count). The van der Waals surface area contributed by atoms with Crippen molar-refractivity contribution < 1.29 is 27.4 Å². The average Bonchev–Trinajstić information content (AvgIpc) is 3.22. The van der Waals surface area contributed by atoms with Crippen molar-refractivity contribution >= 4 is 11.7 Å². The maximum atomic E-state index is 13.8. The molecule has 32 heavy (non-hydrogen) atoms. The molecule has 0 spiro atoms. The molecular formula is C21H26F3N5O3. The van der Waals surface area contributed by atoms with E-state index in [4.69, 9.17) is 9.47 Å². The second-order valence-electron chi connectivity index (χ2n) is 7.82. The highest BCUT2D eigenvalue weighted by Gasteiger charge is 2.47. The van der Waals surface area contributed by atoms with Gasteiger partial charge < -0.3 is 20.1 Å². The van der Waals surface area contributed by atoms with Crippen molar-refractivity contribution in [2.75, 3.05) is 51.8 Å². The SMILES string of the molecule is COc1ccc(C2CC(C(F)(F)F)n3ncc(C(=O)NCCN4CCOCC4)c3N2)cc1. The fourth-order valence-electron chi connectivity index (χ4n) is 4.03. The van der Waals surface area contributed by atoms with Crippen LogP contribution in [0.2, 0.25) is 0 Å². The molecule has 0 saturated carbocycles. The number of hydrogen-bond acceptors (Lipinski definition) is 6. The molecule has 2 aromatic rings. The molecule has 0 aliphatic carbocycles. The topological polar surface area (TPSA) is 80.7 Å². The van der Waals surface area contributed by atoms with Gasteiger partial charge in [-0.15, -0.1) is 0 Å². The lowest BCUT2D eigenvalue weighted by atomic mass is 9.96. The third-order valence-electron chi connectivity index (χ3n) is 5.82. The van der Waals surface area contributed by atoms with Crippen LogP contribution in [0, 0.1) is 0 Å². The van der Waals surface area contributed by atoms with Crippen LogP contribution in [0.5, 0.6) is 5.75 Å². The van der Waals surface area contributed by atoms with Crippen LogP contribution in [0.3, 0.4) is 0 Å². The third-order valence-corrected chi connectivity index (χ3v) is 5.82. The van der Waals surface area contributed by atoms with Crippen LogP contribution in [0.1, 0.15) is 34.4 Å². The Labute approximate surface area is 183 Å². The van der Waals surface area contributed by atoms with Gasteiger partial charge in [-0.25, -0.2) is 4.68 Å². The molecule has 2 atom stereocenters. The first-order chi connectivity index (χ1) is 15.4. The Hall–Kier alpha value is -2.79. The molecule has 2 aliphatic heterocycles. The molecule has 11 heteroatoms. The van der Waals surface area contributed by atoms with E-state index >= 15 is 0 Å². The molecule has 2 N–H and O–H groups in total. The predicted molar refractivity (Wildman–Crippen MR) is 111 cm³/mol. The number of amides is 1. The van der Waals surface area contributed by atoms with Gasteiger partial charge >= 0.3 is 6.18 Å². The lowest BCUT2D eigenvalue weighted by molar-refractivity contribution is -0.173. The van der Waals surface area contributed by atoms with Crippen LogP contribution in [0.25, 0.3) is 0 Å². The van der Waals surface area contributed by atoms with E-state index < -0.39 is 24.2 Å². The molecule has 1 aromatic heterocycles. The molecule has 3 heterocycles. The van der Waals surface area contributed by atoms with Crippen molar-refractivity contribution in [3.05, 3.63) is 41.6 Å². The van der Waals surface area contributed by atoms with Crippen LogP contribution in [-0.4, -0.2) is 73.3 Å². The second-order valence-corrected chi connectivity index (χ2v) is 7.82. The molecule has 0 radical (unpaired) electrons. The van der Waals surface area contributed by atoms with Crippen molar-refractivity contribution in [2.45, 2.75) is 24.7 Å². The molecule has 2 unspecified atom stereocenters. The van der Waals surface area contributed by atoms with E-state index in [1.807, 2.05) is 0 Å². The number of aromatic nitrogens is 2. The van der Waals surface area contributed by atoms with E-state index in [0.29, 0.717) is 37.6 Å². The quantitative estimate of drug-likeness (QED) is 0.700. The van der Waals surface area contributed by atoms with E-state index in [9.17, 15) is 18.0 Å². The summed E-state index contributed by atoms with van der Waals surface area (Å²) < 4.78 is 52.8. The summed E-state index contributed by atoms with van der Waals surface area (Å²) in [4.78, 5) is 14.9. The number of alkyl halides is 3. The number of carbonyl (C=O) groups excluding carboxylic acids is 1. The Morgan fingerprint density at radius 1 is 1.28 bits per heavy atom. The minimum Gasteiger partial charge on any atom is -0.497 e. The smallest absolute Gasteiger partial charge is 0.410 e. The lowest BCUT2D eigenvalue weighted by Gasteiger charge is -2.34.